The van der Waals surface area contributed by atoms with Crippen molar-refractivity contribution in [1.29, 1.82) is 0 Å². The van der Waals surface area contributed by atoms with Gasteiger partial charge >= 0.3 is 0 Å². The van der Waals surface area contributed by atoms with Crippen LogP contribution in [0.1, 0.15) is 40.5 Å². The number of benzene rings is 1. The maximum absolute atomic E-state index is 12.7. The van der Waals surface area contributed by atoms with Gasteiger partial charge in [0.15, 0.2) is 0 Å². The molecule has 1 saturated heterocycles. The number of carbonyl (C=O) groups excluding carboxylic acids is 1. The van der Waals surface area contributed by atoms with Crippen molar-refractivity contribution in [1.82, 2.24) is 14.7 Å². The van der Waals surface area contributed by atoms with Crippen LogP contribution < -0.4 is 0 Å². The lowest BCUT2D eigenvalue weighted by atomic mass is 10.0. The monoisotopic (exact) mass is 269 g/mol. The third-order valence-corrected chi connectivity index (χ3v) is 3.98. The van der Waals surface area contributed by atoms with Gasteiger partial charge in [-0.1, -0.05) is 29.8 Å². The molecule has 0 saturated carbocycles. The summed E-state index contributed by atoms with van der Waals surface area (Å²) < 4.78 is 1.65. The standard InChI is InChI=1S/C16H19N3O/c1-12-5-3-6-13(11-12)14-7-4-10-19(14)16(20)15-8-9-17-18(15)2/h3,5-6,8-9,11,14H,4,7,10H2,1-2H3. The zero-order chi connectivity index (χ0) is 14.1. The van der Waals surface area contributed by atoms with E-state index in [9.17, 15) is 4.79 Å². The normalized spacial score (nSPS) is 18.5. The van der Waals surface area contributed by atoms with E-state index in [1.807, 2.05) is 11.9 Å². The molecular formula is C16H19N3O. The van der Waals surface area contributed by atoms with Crippen molar-refractivity contribution in [3.8, 4) is 0 Å². The topological polar surface area (TPSA) is 38.1 Å². The van der Waals surface area contributed by atoms with Crippen LogP contribution in [-0.4, -0.2) is 27.1 Å². The van der Waals surface area contributed by atoms with E-state index in [1.54, 1.807) is 16.9 Å². The predicted molar refractivity (Wildman–Crippen MR) is 77.4 cm³/mol. The first kappa shape index (κ1) is 12.9. The molecule has 1 aliphatic rings. The van der Waals surface area contributed by atoms with Crippen LogP contribution >= 0.6 is 0 Å². The molecule has 3 rings (SSSR count). The molecule has 1 atom stereocenters. The SMILES string of the molecule is Cc1cccc(C2CCCN2C(=O)c2ccnn2C)c1. The Morgan fingerprint density at radius 3 is 2.90 bits per heavy atom. The summed E-state index contributed by atoms with van der Waals surface area (Å²) in [6.07, 6.45) is 3.76. The number of aromatic nitrogens is 2. The Bertz CT molecular complexity index is 632. The Hall–Kier alpha value is -2.10. The van der Waals surface area contributed by atoms with E-state index >= 15 is 0 Å². The van der Waals surface area contributed by atoms with Crippen LogP contribution in [0.5, 0.6) is 0 Å². The molecule has 0 aliphatic carbocycles. The quantitative estimate of drug-likeness (QED) is 0.840. The largest absolute Gasteiger partial charge is 0.330 e. The first-order valence-corrected chi connectivity index (χ1v) is 7.02. The average Bonchev–Trinajstić information content (AvgIpc) is 3.06. The third-order valence-electron chi connectivity index (χ3n) is 3.98. The van der Waals surface area contributed by atoms with Gasteiger partial charge < -0.3 is 4.90 Å². The summed E-state index contributed by atoms with van der Waals surface area (Å²) >= 11 is 0. The van der Waals surface area contributed by atoms with Gasteiger partial charge in [-0.15, -0.1) is 0 Å². The number of aryl methyl sites for hydroxylation is 2. The number of hydrogen-bond donors (Lipinski definition) is 0. The Morgan fingerprint density at radius 2 is 2.20 bits per heavy atom. The number of nitrogens with zero attached hydrogens (tertiary/aromatic N) is 3. The smallest absolute Gasteiger partial charge is 0.272 e. The Labute approximate surface area is 119 Å². The summed E-state index contributed by atoms with van der Waals surface area (Å²) in [5.74, 6) is 0.0778. The molecule has 0 radical (unpaired) electrons. The second kappa shape index (κ2) is 5.12. The van der Waals surface area contributed by atoms with Crippen molar-refractivity contribution < 1.29 is 4.79 Å². The van der Waals surface area contributed by atoms with Gasteiger partial charge in [-0.3, -0.25) is 9.48 Å². The molecule has 4 heteroatoms. The van der Waals surface area contributed by atoms with Crippen LogP contribution in [-0.2, 0) is 7.05 Å². The molecular weight excluding hydrogens is 250 g/mol. The molecule has 2 aromatic rings. The lowest BCUT2D eigenvalue weighted by Gasteiger charge is -2.25. The first-order chi connectivity index (χ1) is 9.66. The Balaban J connectivity index is 1.90. The van der Waals surface area contributed by atoms with Crippen LogP contribution in [0.25, 0.3) is 0 Å². The van der Waals surface area contributed by atoms with Crippen molar-refractivity contribution in [2.24, 2.45) is 7.05 Å². The third kappa shape index (κ3) is 2.22. The minimum atomic E-state index is 0.0778. The van der Waals surface area contributed by atoms with Crippen LogP contribution in [0.2, 0.25) is 0 Å². The summed E-state index contributed by atoms with van der Waals surface area (Å²) in [6, 6.07) is 10.4. The molecule has 1 aromatic heterocycles. The van der Waals surface area contributed by atoms with Crippen molar-refractivity contribution in [3.63, 3.8) is 0 Å². The van der Waals surface area contributed by atoms with Crippen LogP contribution in [0.15, 0.2) is 36.5 Å². The van der Waals surface area contributed by atoms with Crippen molar-refractivity contribution in [2.75, 3.05) is 6.54 Å². The van der Waals surface area contributed by atoms with Crippen molar-refractivity contribution in [3.05, 3.63) is 53.3 Å². The van der Waals surface area contributed by atoms with E-state index in [2.05, 4.69) is 36.3 Å². The van der Waals surface area contributed by atoms with Crippen LogP contribution in [0, 0.1) is 6.92 Å². The fourth-order valence-corrected chi connectivity index (χ4v) is 2.96. The van der Waals surface area contributed by atoms with Gasteiger partial charge in [-0.05, 0) is 31.4 Å². The highest BCUT2D eigenvalue weighted by molar-refractivity contribution is 5.93. The number of likely N-dealkylation sites (tertiary alicyclic amines) is 1. The summed E-state index contributed by atoms with van der Waals surface area (Å²) in [6.45, 7) is 2.91. The van der Waals surface area contributed by atoms with Gasteiger partial charge in [0.1, 0.15) is 5.69 Å². The van der Waals surface area contributed by atoms with E-state index in [-0.39, 0.29) is 11.9 Å². The highest BCUT2D eigenvalue weighted by atomic mass is 16.2. The molecule has 0 N–H and O–H groups in total. The van der Waals surface area contributed by atoms with Gasteiger partial charge in [0.05, 0.1) is 6.04 Å². The molecule has 104 valence electrons. The van der Waals surface area contributed by atoms with E-state index in [0.29, 0.717) is 5.69 Å². The van der Waals surface area contributed by atoms with Gasteiger partial charge in [0, 0.05) is 19.8 Å². The fourth-order valence-electron chi connectivity index (χ4n) is 2.96. The van der Waals surface area contributed by atoms with Gasteiger partial charge in [0.2, 0.25) is 0 Å². The highest BCUT2D eigenvalue weighted by Crippen LogP contribution is 2.33. The fraction of sp³-hybridized carbons (Fsp3) is 0.375. The van der Waals surface area contributed by atoms with Gasteiger partial charge in [-0.2, -0.15) is 5.10 Å². The van der Waals surface area contributed by atoms with Crippen molar-refractivity contribution in [2.45, 2.75) is 25.8 Å². The zero-order valence-corrected chi connectivity index (χ0v) is 11.9. The molecule has 1 fully saturated rings. The van der Waals surface area contributed by atoms with Gasteiger partial charge in [-0.25, -0.2) is 0 Å². The lowest BCUT2D eigenvalue weighted by Crippen LogP contribution is -2.32. The first-order valence-electron chi connectivity index (χ1n) is 7.02. The second-order valence-corrected chi connectivity index (χ2v) is 5.41. The predicted octanol–water partition coefficient (Wildman–Crippen LogP) is 2.71. The lowest BCUT2D eigenvalue weighted by molar-refractivity contribution is 0.0724. The molecule has 2 heterocycles. The molecule has 1 amide bonds. The summed E-state index contributed by atoms with van der Waals surface area (Å²) in [5, 5.41) is 4.09. The molecule has 0 bridgehead atoms. The van der Waals surface area contributed by atoms with Crippen LogP contribution in [0.4, 0.5) is 0 Å². The second-order valence-electron chi connectivity index (χ2n) is 5.41. The van der Waals surface area contributed by atoms with E-state index in [4.69, 9.17) is 0 Å². The van der Waals surface area contributed by atoms with E-state index in [0.717, 1.165) is 19.4 Å². The zero-order valence-electron chi connectivity index (χ0n) is 11.9. The number of carbonyl (C=O) groups is 1. The summed E-state index contributed by atoms with van der Waals surface area (Å²) in [7, 11) is 1.81. The minimum absolute atomic E-state index is 0.0778. The molecule has 0 spiro atoms. The Morgan fingerprint density at radius 1 is 1.35 bits per heavy atom. The molecule has 1 unspecified atom stereocenters. The van der Waals surface area contributed by atoms with Crippen LogP contribution in [0.3, 0.4) is 0 Å². The maximum atomic E-state index is 12.7. The average molecular weight is 269 g/mol. The maximum Gasteiger partial charge on any atom is 0.272 e. The Kier molecular flexibility index (Phi) is 3.30. The minimum Gasteiger partial charge on any atom is -0.330 e. The van der Waals surface area contributed by atoms with E-state index in [1.165, 1.54) is 11.1 Å². The highest BCUT2D eigenvalue weighted by Gasteiger charge is 2.31. The number of rotatable bonds is 2. The van der Waals surface area contributed by atoms with Crippen molar-refractivity contribution >= 4 is 5.91 Å². The molecule has 4 nitrogen and oxygen atoms in total. The molecule has 1 aromatic carbocycles. The van der Waals surface area contributed by atoms with E-state index < -0.39 is 0 Å². The van der Waals surface area contributed by atoms with Gasteiger partial charge in [0.25, 0.3) is 5.91 Å². The summed E-state index contributed by atoms with van der Waals surface area (Å²) in [4.78, 5) is 14.6. The molecule has 1 aliphatic heterocycles. The summed E-state index contributed by atoms with van der Waals surface area (Å²) in [5.41, 5.74) is 3.13. The number of amides is 1. The molecule has 20 heavy (non-hydrogen) atoms. The number of hydrogen-bond acceptors (Lipinski definition) is 2.